The van der Waals surface area contributed by atoms with Gasteiger partial charge in [0.2, 0.25) is 0 Å². The van der Waals surface area contributed by atoms with Crippen molar-refractivity contribution < 1.29 is 34.3 Å². The summed E-state index contributed by atoms with van der Waals surface area (Å²) in [6.45, 7) is 3.02. The number of aryl methyl sites for hydroxylation is 1. The molecule has 0 atom stereocenters. The van der Waals surface area contributed by atoms with E-state index < -0.39 is 0 Å². The second kappa shape index (κ2) is 12.7. The molecule has 0 aliphatic rings. The van der Waals surface area contributed by atoms with E-state index in [0.717, 1.165) is 27.8 Å². The smallest absolute Gasteiger partial charge is 0.126 e. The molecule has 0 aromatic heterocycles. The summed E-state index contributed by atoms with van der Waals surface area (Å²) in [5.41, 5.74) is 7.32. The Labute approximate surface area is 212 Å². The normalized spacial score (nSPS) is 11.2. The van der Waals surface area contributed by atoms with Gasteiger partial charge in [-0.15, -0.1) is 0 Å². The van der Waals surface area contributed by atoms with Crippen LogP contribution in [-0.4, -0.2) is 43.8 Å². The summed E-state index contributed by atoms with van der Waals surface area (Å²) >= 11 is 0. The van der Waals surface area contributed by atoms with Crippen LogP contribution in [0.1, 0.15) is 50.1 Å². The van der Waals surface area contributed by atoms with Crippen LogP contribution in [0, 0.1) is 6.92 Å². The number of hydrogen-bond donors (Lipinski definition) is 3. The molecule has 0 amide bonds. The van der Waals surface area contributed by atoms with E-state index >= 15 is 0 Å². The predicted molar refractivity (Wildman–Crippen MR) is 138 cm³/mol. The molecule has 3 N–H and O–H groups in total. The van der Waals surface area contributed by atoms with Gasteiger partial charge in [0.25, 0.3) is 0 Å². The standard InChI is InChI=1S/C29H36O7/c1-18-6-19(7-20-10-23(14-33-2)28(31)24(11-20)15-34-3)8-22(27(18)30)9-21-12-25(16-35-4)29(32)26(13-21)17-36-5/h6,8,10-13,30-32H,7,9,14-17H2,1-5H3. The topological polar surface area (TPSA) is 97.6 Å². The van der Waals surface area contributed by atoms with Crippen molar-refractivity contribution >= 4 is 0 Å². The minimum atomic E-state index is 0.169. The zero-order chi connectivity index (χ0) is 26.2. The molecule has 7 heteroatoms. The number of rotatable bonds is 12. The number of phenolic OH excluding ortho intramolecular Hbond substituents is 3. The summed E-state index contributed by atoms with van der Waals surface area (Å²) in [5, 5.41) is 31.9. The van der Waals surface area contributed by atoms with Gasteiger partial charge in [-0.1, -0.05) is 12.1 Å². The van der Waals surface area contributed by atoms with Crippen LogP contribution in [0.3, 0.4) is 0 Å². The zero-order valence-electron chi connectivity index (χ0n) is 21.7. The van der Waals surface area contributed by atoms with Gasteiger partial charge >= 0.3 is 0 Å². The van der Waals surface area contributed by atoms with Gasteiger partial charge in [-0.3, -0.25) is 0 Å². The van der Waals surface area contributed by atoms with Gasteiger partial charge in [-0.2, -0.15) is 0 Å². The fourth-order valence-corrected chi connectivity index (χ4v) is 4.56. The lowest BCUT2D eigenvalue weighted by Gasteiger charge is -2.16. The quantitative estimate of drug-likeness (QED) is 0.329. The van der Waals surface area contributed by atoms with Crippen LogP contribution in [-0.2, 0) is 58.2 Å². The Morgan fingerprint density at radius 2 is 0.806 bits per heavy atom. The highest BCUT2D eigenvalue weighted by molar-refractivity contribution is 5.50. The fourth-order valence-electron chi connectivity index (χ4n) is 4.56. The van der Waals surface area contributed by atoms with E-state index in [1.54, 1.807) is 28.4 Å². The van der Waals surface area contributed by atoms with E-state index in [0.29, 0.717) is 48.3 Å². The van der Waals surface area contributed by atoms with Crippen LogP contribution in [0.5, 0.6) is 17.2 Å². The molecule has 0 unspecified atom stereocenters. The minimum Gasteiger partial charge on any atom is -0.507 e. The van der Waals surface area contributed by atoms with Gasteiger partial charge in [-0.25, -0.2) is 0 Å². The van der Waals surface area contributed by atoms with Crippen LogP contribution in [0.4, 0.5) is 0 Å². The molecule has 0 saturated heterocycles. The highest BCUT2D eigenvalue weighted by Gasteiger charge is 2.15. The third kappa shape index (κ3) is 6.56. The second-order valence-corrected chi connectivity index (χ2v) is 9.03. The van der Waals surface area contributed by atoms with Crippen LogP contribution >= 0.6 is 0 Å². The van der Waals surface area contributed by atoms with Gasteiger partial charge in [0, 0.05) is 57.1 Å². The van der Waals surface area contributed by atoms with Crippen molar-refractivity contribution in [3.05, 3.63) is 86.5 Å². The van der Waals surface area contributed by atoms with E-state index in [9.17, 15) is 15.3 Å². The largest absolute Gasteiger partial charge is 0.507 e. The predicted octanol–water partition coefficient (Wildman–Crippen LogP) is 4.88. The monoisotopic (exact) mass is 496 g/mol. The van der Waals surface area contributed by atoms with E-state index in [1.165, 1.54) is 0 Å². The maximum Gasteiger partial charge on any atom is 0.126 e. The maximum atomic E-state index is 10.8. The zero-order valence-corrected chi connectivity index (χ0v) is 21.7. The number of phenols is 3. The molecule has 0 aliphatic heterocycles. The average molecular weight is 497 g/mol. The van der Waals surface area contributed by atoms with Crippen molar-refractivity contribution in [2.75, 3.05) is 28.4 Å². The molecule has 0 aliphatic carbocycles. The molecular formula is C29H36O7. The van der Waals surface area contributed by atoms with Crippen molar-refractivity contribution in [1.82, 2.24) is 0 Å². The third-order valence-corrected chi connectivity index (χ3v) is 6.10. The molecule has 0 fully saturated rings. The van der Waals surface area contributed by atoms with E-state index in [1.807, 2.05) is 43.3 Å². The van der Waals surface area contributed by atoms with E-state index in [4.69, 9.17) is 18.9 Å². The Hall–Kier alpha value is -3.10. The van der Waals surface area contributed by atoms with Gasteiger partial charge < -0.3 is 34.3 Å². The Morgan fingerprint density at radius 3 is 1.19 bits per heavy atom. The van der Waals surface area contributed by atoms with Crippen LogP contribution in [0.2, 0.25) is 0 Å². The average Bonchev–Trinajstić information content (AvgIpc) is 2.83. The number of benzene rings is 3. The third-order valence-electron chi connectivity index (χ3n) is 6.10. The molecule has 0 spiro atoms. The highest BCUT2D eigenvalue weighted by atomic mass is 16.5. The molecule has 3 rings (SSSR count). The van der Waals surface area contributed by atoms with E-state index in [-0.39, 0.29) is 30.5 Å². The Bertz CT molecular complexity index is 1130. The molecule has 7 nitrogen and oxygen atoms in total. The first kappa shape index (κ1) is 27.5. The van der Waals surface area contributed by atoms with Crippen LogP contribution in [0.15, 0.2) is 36.4 Å². The molecule has 36 heavy (non-hydrogen) atoms. The summed E-state index contributed by atoms with van der Waals surface area (Å²) in [4.78, 5) is 0. The van der Waals surface area contributed by atoms with Crippen molar-refractivity contribution in [3.8, 4) is 17.2 Å². The van der Waals surface area contributed by atoms with Gasteiger partial charge in [0.15, 0.2) is 0 Å². The summed E-state index contributed by atoms with van der Waals surface area (Å²) in [6, 6.07) is 11.6. The summed E-state index contributed by atoms with van der Waals surface area (Å²) in [7, 11) is 6.36. The number of hydrogen-bond acceptors (Lipinski definition) is 7. The molecule has 0 saturated carbocycles. The lowest BCUT2D eigenvalue weighted by molar-refractivity contribution is 0.174. The van der Waals surface area contributed by atoms with E-state index in [2.05, 4.69) is 0 Å². The van der Waals surface area contributed by atoms with Gasteiger partial charge in [0.1, 0.15) is 17.2 Å². The second-order valence-electron chi connectivity index (χ2n) is 9.03. The summed E-state index contributed by atoms with van der Waals surface area (Å²) in [5.74, 6) is 0.609. The van der Waals surface area contributed by atoms with Gasteiger partial charge in [0.05, 0.1) is 26.4 Å². The molecule has 194 valence electrons. The molecule has 3 aromatic rings. The van der Waals surface area contributed by atoms with Crippen LogP contribution < -0.4 is 0 Å². The Kier molecular flexibility index (Phi) is 9.73. The lowest BCUT2D eigenvalue weighted by Crippen LogP contribution is -2.01. The maximum absolute atomic E-state index is 10.8. The SMILES string of the molecule is COCc1cc(Cc2cc(C)c(O)c(Cc3cc(COC)c(O)c(COC)c3)c2)cc(COC)c1O. The van der Waals surface area contributed by atoms with Crippen LogP contribution in [0.25, 0.3) is 0 Å². The van der Waals surface area contributed by atoms with Crippen molar-refractivity contribution in [1.29, 1.82) is 0 Å². The first-order chi connectivity index (χ1) is 17.3. The molecule has 3 aromatic carbocycles. The molecular weight excluding hydrogens is 460 g/mol. The number of ether oxygens (including phenoxy) is 4. The minimum absolute atomic E-state index is 0.169. The summed E-state index contributed by atoms with van der Waals surface area (Å²) < 4.78 is 21.0. The first-order valence-electron chi connectivity index (χ1n) is 11.8. The highest BCUT2D eigenvalue weighted by Crippen LogP contribution is 2.32. The first-order valence-corrected chi connectivity index (χ1v) is 11.8. The van der Waals surface area contributed by atoms with Crippen molar-refractivity contribution in [2.24, 2.45) is 0 Å². The molecule has 0 heterocycles. The lowest BCUT2D eigenvalue weighted by atomic mass is 9.93. The molecule has 0 bridgehead atoms. The Morgan fingerprint density at radius 1 is 0.472 bits per heavy atom. The van der Waals surface area contributed by atoms with Crippen molar-refractivity contribution in [3.63, 3.8) is 0 Å². The van der Waals surface area contributed by atoms with Gasteiger partial charge in [-0.05, 0) is 65.4 Å². The molecule has 0 radical (unpaired) electrons. The summed E-state index contributed by atoms with van der Waals surface area (Å²) in [6.07, 6.45) is 1.09. The number of methoxy groups -OCH3 is 4. The fraction of sp³-hybridized carbons (Fsp3) is 0.379. The van der Waals surface area contributed by atoms with Crippen molar-refractivity contribution in [2.45, 2.75) is 46.2 Å². The number of aromatic hydroxyl groups is 3. The Balaban J connectivity index is 1.97.